The highest BCUT2D eigenvalue weighted by molar-refractivity contribution is 8.00. The van der Waals surface area contributed by atoms with Crippen LogP contribution in [0.3, 0.4) is 0 Å². The maximum absolute atomic E-state index is 12.5. The SMILES string of the molecule is Cc1cccc(C)c1NC(=S)NNC(=O)c1ccc(CSc2nc3ccccc3s2)cc1. The third kappa shape index (κ3) is 5.45. The van der Waals surface area contributed by atoms with Crippen molar-refractivity contribution in [1.29, 1.82) is 0 Å². The zero-order chi connectivity index (χ0) is 22.5. The van der Waals surface area contributed by atoms with Gasteiger partial charge in [0.2, 0.25) is 0 Å². The number of thiocarbonyl (C=S) groups is 1. The Hall–Kier alpha value is -2.94. The lowest BCUT2D eigenvalue weighted by atomic mass is 10.1. The van der Waals surface area contributed by atoms with E-state index in [1.807, 2.05) is 74.5 Å². The topological polar surface area (TPSA) is 66.0 Å². The zero-order valence-corrected chi connectivity index (χ0v) is 20.1. The first-order valence-corrected chi connectivity index (χ1v) is 12.2. The Morgan fingerprint density at radius 2 is 1.69 bits per heavy atom. The molecule has 8 heteroatoms. The summed E-state index contributed by atoms with van der Waals surface area (Å²) in [6, 6.07) is 21.7. The number of carbonyl (C=O) groups is 1. The van der Waals surface area contributed by atoms with Crippen LogP contribution in [0.2, 0.25) is 0 Å². The number of nitrogens with one attached hydrogen (secondary N) is 3. The standard InChI is InChI=1S/C24H22N4OS3/c1-15-6-5-7-16(2)21(15)26-23(30)28-27-22(29)18-12-10-17(11-13-18)14-31-24-25-19-8-3-4-9-20(19)32-24/h3-13H,14H2,1-2H3,(H,27,29)(H2,26,28,30). The second-order valence-corrected chi connectivity index (χ2v) is 9.89. The summed E-state index contributed by atoms with van der Waals surface area (Å²) in [5, 5.41) is 3.47. The van der Waals surface area contributed by atoms with E-state index in [2.05, 4.69) is 27.2 Å². The van der Waals surface area contributed by atoms with E-state index < -0.39 is 0 Å². The summed E-state index contributed by atoms with van der Waals surface area (Å²) < 4.78 is 2.24. The van der Waals surface area contributed by atoms with Gasteiger partial charge in [-0.05, 0) is 67.0 Å². The first-order valence-electron chi connectivity index (χ1n) is 10.0. The summed E-state index contributed by atoms with van der Waals surface area (Å²) in [4.78, 5) is 17.1. The van der Waals surface area contributed by atoms with Crippen molar-refractivity contribution in [3.05, 3.63) is 89.0 Å². The van der Waals surface area contributed by atoms with Crippen LogP contribution >= 0.6 is 35.3 Å². The van der Waals surface area contributed by atoms with Crippen LogP contribution in [0, 0.1) is 13.8 Å². The first-order chi connectivity index (χ1) is 15.5. The lowest BCUT2D eigenvalue weighted by molar-refractivity contribution is 0.0944. The number of anilines is 1. The molecule has 1 heterocycles. The number of thiazole rings is 1. The van der Waals surface area contributed by atoms with E-state index in [9.17, 15) is 4.79 Å². The predicted octanol–water partition coefficient (Wildman–Crippen LogP) is 5.84. The molecule has 32 heavy (non-hydrogen) atoms. The third-order valence-electron chi connectivity index (χ3n) is 4.86. The maximum atomic E-state index is 12.5. The highest BCUT2D eigenvalue weighted by atomic mass is 32.2. The smallest absolute Gasteiger partial charge is 0.269 e. The second-order valence-electron chi connectivity index (χ2n) is 7.23. The molecule has 0 spiro atoms. The molecule has 0 atom stereocenters. The summed E-state index contributed by atoms with van der Waals surface area (Å²) in [7, 11) is 0. The number of para-hydroxylation sites is 2. The molecule has 0 aliphatic carbocycles. The number of hydrazine groups is 1. The minimum atomic E-state index is -0.249. The largest absolute Gasteiger partial charge is 0.331 e. The van der Waals surface area contributed by atoms with Crippen molar-refractivity contribution in [3.63, 3.8) is 0 Å². The Labute approximate surface area is 200 Å². The van der Waals surface area contributed by atoms with Gasteiger partial charge in [-0.3, -0.25) is 15.6 Å². The van der Waals surface area contributed by atoms with E-state index >= 15 is 0 Å². The van der Waals surface area contributed by atoms with E-state index in [0.29, 0.717) is 10.7 Å². The van der Waals surface area contributed by atoms with Crippen molar-refractivity contribution < 1.29 is 4.79 Å². The van der Waals surface area contributed by atoms with Crippen molar-refractivity contribution >= 4 is 62.2 Å². The van der Waals surface area contributed by atoms with Gasteiger partial charge in [-0.2, -0.15) is 0 Å². The molecule has 0 saturated heterocycles. The van der Waals surface area contributed by atoms with Crippen molar-refractivity contribution in [2.75, 3.05) is 5.32 Å². The average molecular weight is 479 g/mol. The van der Waals surface area contributed by atoms with Crippen LogP contribution in [0.25, 0.3) is 10.2 Å². The molecule has 3 aromatic carbocycles. The van der Waals surface area contributed by atoms with Crippen molar-refractivity contribution in [3.8, 4) is 0 Å². The summed E-state index contributed by atoms with van der Waals surface area (Å²) >= 11 is 8.70. The van der Waals surface area contributed by atoms with Gasteiger partial charge in [0.1, 0.15) is 0 Å². The second kappa shape index (κ2) is 10.1. The van der Waals surface area contributed by atoms with E-state index in [-0.39, 0.29) is 5.91 Å². The molecule has 0 aliphatic rings. The van der Waals surface area contributed by atoms with Gasteiger partial charge in [-0.15, -0.1) is 11.3 Å². The van der Waals surface area contributed by atoms with E-state index in [1.165, 1.54) is 4.70 Å². The van der Waals surface area contributed by atoms with Crippen LogP contribution in [0.15, 0.2) is 71.1 Å². The third-order valence-corrected chi connectivity index (χ3v) is 7.32. The number of aromatic nitrogens is 1. The predicted molar refractivity (Wildman–Crippen MR) is 138 cm³/mol. The van der Waals surface area contributed by atoms with Gasteiger partial charge in [-0.25, -0.2) is 4.98 Å². The number of rotatable bonds is 5. The molecule has 0 fully saturated rings. The van der Waals surface area contributed by atoms with Crippen molar-refractivity contribution in [2.45, 2.75) is 23.9 Å². The first kappa shape index (κ1) is 22.3. The maximum Gasteiger partial charge on any atom is 0.269 e. The Balaban J connectivity index is 1.28. The number of fused-ring (bicyclic) bond motifs is 1. The summed E-state index contributed by atoms with van der Waals surface area (Å²) in [5.41, 5.74) is 11.2. The quantitative estimate of drug-likeness (QED) is 0.190. The molecule has 4 aromatic rings. The monoisotopic (exact) mass is 478 g/mol. The van der Waals surface area contributed by atoms with Gasteiger partial charge in [0, 0.05) is 17.0 Å². The van der Waals surface area contributed by atoms with Crippen LogP contribution in [0.5, 0.6) is 0 Å². The van der Waals surface area contributed by atoms with Gasteiger partial charge in [0.25, 0.3) is 5.91 Å². The van der Waals surface area contributed by atoms with Gasteiger partial charge in [-0.1, -0.05) is 54.2 Å². The number of benzene rings is 3. The summed E-state index contributed by atoms with van der Waals surface area (Å²) in [6.45, 7) is 4.01. The van der Waals surface area contributed by atoms with Crippen molar-refractivity contribution in [2.24, 2.45) is 0 Å². The van der Waals surface area contributed by atoms with Gasteiger partial charge in [0.15, 0.2) is 9.45 Å². The Morgan fingerprint density at radius 1 is 0.969 bits per heavy atom. The minimum absolute atomic E-state index is 0.249. The number of carbonyl (C=O) groups excluding carboxylic acids is 1. The number of thioether (sulfide) groups is 1. The van der Waals surface area contributed by atoms with E-state index in [0.717, 1.165) is 38.0 Å². The normalized spacial score (nSPS) is 10.7. The number of hydrogen-bond donors (Lipinski definition) is 3. The Morgan fingerprint density at radius 3 is 2.41 bits per heavy atom. The van der Waals surface area contributed by atoms with Crippen molar-refractivity contribution in [1.82, 2.24) is 15.8 Å². The molecular formula is C24H22N4OS3. The molecular weight excluding hydrogens is 456 g/mol. The molecule has 0 unspecified atom stereocenters. The summed E-state index contributed by atoms with van der Waals surface area (Å²) in [6.07, 6.45) is 0. The number of amides is 1. The Bertz CT molecular complexity index is 1210. The molecule has 0 radical (unpaired) electrons. The molecule has 1 amide bonds. The van der Waals surface area contributed by atoms with Crippen LogP contribution in [-0.2, 0) is 5.75 Å². The van der Waals surface area contributed by atoms with Gasteiger partial charge in [0.05, 0.1) is 10.2 Å². The number of nitrogens with zero attached hydrogens (tertiary/aromatic N) is 1. The highest BCUT2D eigenvalue weighted by Crippen LogP contribution is 2.31. The number of aryl methyl sites for hydroxylation is 2. The van der Waals surface area contributed by atoms with Gasteiger partial charge >= 0.3 is 0 Å². The van der Waals surface area contributed by atoms with E-state index in [4.69, 9.17) is 12.2 Å². The lowest BCUT2D eigenvalue weighted by Crippen LogP contribution is -2.43. The fourth-order valence-corrected chi connectivity index (χ4v) is 5.33. The molecule has 162 valence electrons. The lowest BCUT2D eigenvalue weighted by Gasteiger charge is -2.15. The minimum Gasteiger partial charge on any atom is -0.331 e. The average Bonchev–Trinajstić information content (AvgIpc) is 3.22. The zero-order valence-electron chi connectivity index (χ0n) is 17.6. The molecule has 3 N–H and O–H groups in total. The van der Waals surface area contributed by atoms with Crippen LogP contribution < -0.4 is 16.2 Å². The molecule has 0 saturated carbocycles. The highest BCUT2D eigenvalue weighted by Gasteiger charge is 2.09. The van der Waals surface area contributed by atoms with Crippen LogP contribution in [-0.4, -0.2) is 16.0 Å². The van der Waals surface area contributed by atoms with Crippen LogP contribution in [0.4, 0.5) is 5.69 Å². The number of hydrogen-bond acceptors (Lipinski definition) is 5. The fraction of sp³-hybridized carbons (Fsp3) is 0.125. The van der Waals surface area contributed by atoms with Crippen LogP contribution in [0.1, 0.15) is 27.0 Å². The molecule has 1 aromatic heterocycles. The molecule has 0 bridgehead atoms. The fourth-order valence-electron chi connectivity index (χ4n) is 3.15. The van der Waals surface area contributed by atoms with Gasteiger partial charge < -0.3 is 5.32 Å². The molecule has 5 nitrogen and oxygen atoms in total. The summed E-state index contributed by atoms with van der Waals surface area (Å²) in [5.74, 6) is 0.546. The molecule has 0 aliphatic heterocycles. The Kier molecular flexibility index (Phi) is 7.04. The van der Waals surface area contributed by atoms with E-state index in [1.54, 1.807) is 23.1 Å². The molecule has 4 rings (SSSR count).